The molecule has 1 N–H and O–H groups in total. The van der Waals surface area contributed by atoms with Gasteiger partial charge in [0, 0.05) is 24.0 Å². The van der Waals surface area contributed by atoms with E-state index in [1.165, 1.54) is 27.8 Å². The predicted octanol–water partition coefficient (Wildman–Crippen LogP) is 4.35. The van der Waals surface area contributed by atoms with Crippen LogP contribution in [0.3, 0.4) is 0 Å². The molecule has 156 valence electrons. The van der Waals surface area contributed by atoms with Crippen LogP contribution in [0.2, 0.25) is 0 Å². The van der Waals surface area contributed by atoms with Gasteiger partial charge in [0.25, 0.3) is 0 Å². The van der Waals surface area contributed by atoms with Gasteiger partial charge >= 0.3 is 0 Å². The van der Waals surface area contributed by atoms with Crippen LogP contribution < -0.4 is 9.46 Å². The summed E-state index contributed by atoms with van der Waals surface area (Å²) in [4.78, 5) is 4.01. The van der Waals surface area contributed by atoms with E-state index in [0.717, 1.165) is 31.5 Å². The fourth-order valence-corrected chi connectivity index (χ4v) is 5.93. The summed E-state index contributed by atoms with van der Waals surface area (Å²) in [6.45, 7) is 2.31. The molecule has 1 aromatic heterocycles. The van der Waals surface area contributed by atoms with E-state index >= 15 is 0 Å². The van der Waals surface area contributed by atoms with Crippen LogP contribution in [-0.4, -0.2) is 26.1 Å². The molecular weight excluding hydrogens is 416 g/mol. The summed E-state index contributed by atoms with van der Waals surface area (Å²) in [6, 6.07) is 16.5. The first-order valence-electron chi connectivity index (χ1n) is 10.1. The third-order valence-corrected chi connectivity index (χ3v) is 7.41. The highest BCUT2D eigenvalue weighted by molar-refractivity contribution is 7.92. The monoisotopic (exact) mass is 440 g/mol. The van der Waals surface area contributed by atoms with E-state index in [1.54, 1.807) is 0 Å². The highest BCUT2D eigenvalue weighted by atomic mass is 32.2. The standard InChI is InChI=1S/C23H24N2O3S2/c1-30(26,27)24-20-11-17-12-21-19-8-10-29-23(19)7-9-25(21)14-18(17)13-22(20)28-15-16-5-3-2-4-6-16/h2-6,8,10-11,13,21,24H,7,9,12,14-15H2,1H3. The Hall–Kier alpha value is -2.35. The molecule has 5 nitrogen and oxygen atoms in total. The molecule has 0 spiro atoms. The van der Waals surface area contributed by atoms with Gasteiger partial charge in [-0.3, -0.25) is 9.62 Å². The second-order valence-electron chi connectivity index (χ2n) is 8.01. The summed E-state index contributed by atoms with van der Waals surface area (Å²) in [5.74, 6) is 0.578. The number of sulfonamides is 1. The van der Waals surface area contributed by atoms with Crippen LogP contribution in [0, 0.1) is 0 Å². The highest BCUT2D eigenvalue weighted by Gasteiger charge is 2.33. The van der Waals surface area contributed by atoms with Crippen LogP contribution in [-0.2, 0) is 36.0 Å². The van der Waals surface area contributed by atoms with Crippen molar-refractivity contribution in [1.82, 2.24) is 4.90 Å². The van der Waals surface area contributed by atoms with Gasteiger partial charge in [-0.2, -0.15) is 0 Å². The number of benzene rings is 2. The van der Waals surface area contributed by atoms with Crippen LogP contribution in [0.1, 0.15) is 33.2 Å². The molecule has 30 heavy (non-hydrogen) atoms. The van der Waals surface area contributed by atoms with Crippen molar-refractivity contribution in [2.24, 2.45) is 0 Å². The number of fused-ring (bicyclic) bond motifs is 4. The van der Waals surface area contributed by atoms with Crippen LogP contribution in [0.5, 0.6) is 5.75 Å². The number of anilines is 1. The maximum absolute atomic E-state index is 12.0. The van der Waals surface area contributed by atoms with Gasteiger partial charge < -0.3 is 4.74 Å². The van der Waals surface area contributed by atoms with Gasteiger partial charge in [-0.25, -0.2) is 8.42 Å². The Kier molecular flexibility index (Phi) is 5.05. The molecule has 1 atom stereocenters. The van der Waals surface area contributed by atoms with Crippen LogP contribution >= 0.6 is 11.3 Å². The fraction of sp³-hybridized carbons (Fsp3) is 0.304. The molecule has 3 aromatic rings. The molecule has 0 saturated heterocycles. The summed E-state index contributed by atoms with van der Waals surface area (Å²) >= 11 is 1.84. The first kappa shape index (κ1) is 19.6. The third-order valence-electron chi connectivity index (χ3n) is 5.83. The minimum Gasteiger partial charge on any atom is -0.487 e. The molecule has 0 amide bonds. The molecule has 2 aliphatic heterocycles. The molecule has 2 aromatic carbocycles. The van der Waals surface area contributed by atoms with Crippen molar-refractivity contribution in [3.8, 4) is 5.75 Å². The SMILES string of the molecule is CS(=O)(=O)Nc1cc2c(cc1OCc1ccccc1)CN1CCc3sccc3C1C2. The molecule has 0 saturated carbocycles. The van der Waals surface area contributed by atoms with E-state index in [0.29, 0.717) is 24.1 Å². The number of rotatable bonds is 5. The zero-order chi connectivity index (χ0) is 20.7. The number of ether oxygens (including phenoxy) is 1. The number of nitrogens with zero attached hydrogens (tertiary/aromatic N) is 1. The zero-order valence-corrected chi connectivity index (χ0v) is 18.4. The minimum atomic E-state index is -3.41. The minimum absolute atomic E-state index is 0.370. The topological polar surface area (TPSA) is 58.6 Å². The Morgan fingerprint density at radius 3 is 2.80 bits per heavy atom. The van der Waals surface area contributed by atoms with Crippen molar-refractivity contribution < 1.29 is 13.2 Å². The van der Waals surface area contributed by atoms with Gasteiger partial charge in [-0.1, -0.05) is 30.3 Å². The third kappa shape index (κ3) is 3.97. The normalized spacial score (nSPS) is 18.2. The van der Waals surface area contributed by atoms with Gasteiger partial charge in [0.1, 0.15) is 12.4 Å². The molecular formula is C23H24N2O3S2. The summed E-state index contributed by atoms with van der Waals surface area (Å²) in [5.41, 5.74) is 5.39. The molecule has 0 radical (unpaired) electrons. The average molecular weight is 441 g/mol. The fourth-order valence-electron chi connectivity index (χ4n) is 4.44. The molecule has 7 heteroatoms. The Bertz CT molecular complexity index is 1170. The lowest BCUT2D eigenvalue weighted by Crippen LogP contribution is -2.38. The second-order valence-corrected chi connectivity index (χ2v) is 10.8. The quantitative estimate of drug-likeness (QED) is 0.641. The van der Waals surface area contributed by atoms with Crippen molar-refractivity contribution in [3.05, 3.63) is 81.0 Å². The van der Waals surface area contributed by atoms with E-state index in [4.69, 9.17) is 4.74 Å². The van der Waals surface area contributed by atoms with Crippen molar-refractivity contribution in [2.75, 3.05) is 17.5 Å². The van der Waals surface area contributed by atoms with Gasteiger partial charge in [-0.15, -0.1) is 11.3 Å². The highest BCUT2D eigenvalue weighted by Crippen LogP contribution is 2.42. The number of hydrogen-bond donors (Lipinski definition) is 1. The van der Waals surface area contributed by atoms with Crippen molar-refractivity contribution in [3.63, 3.8) is 0 Å². The largest absolute Gasteiger partial charge is 0.487 e. The first-order valence-corrected chi connectivity index (χ1v) is 12.8. The van der Waals surface area contributed by atoms with Gasteiger partial charge in [0.05, 0.1) is 11.9 Å². The lowest BCUT2D eigenvalue weighted by Gasteiger charge is -2.40. The first-order chi connectivity index (χ1) is 14.5. The molecule has 1 unspecified atom stereocenters. The molecule has 3 heterocycles. The van der Waals surface area contributed by atoms with Gasteiger partial charge in [-0.05, 0) is 58.7 Å². The maximum atomic E-state index is 12.0. The Labute approximate surface area is 181 Å². The van der Waals surface area contributed by atoms with Crippen molar-refractivity contribution in [1.29, 1.82) is 0 Å². The lowest BCUT2D eigenvalue weighted by atomic mass is 9.87. The van der Waals surface area contributed by atoms with E-state index in [-0.39, 0.29) is 0 Å². The van der Waals surface area contributed by atoms with E-state index < -0.39 is 10.0 Å². The molecule has 0 bridgehead atoms. The average Bonchev–Trinajstić information content (AvgIpc) is 3.20. The maximum Gasteiger partial charge on any atom is 0.229 e. The van der Waals surface area contributed by atoms with Crippen LogP contribution in [0.4, 0.5) is 5.69 Å². The summed E-state index contributed by atoms with van der Waals surface area (Å²) in [6.07, 6.45) is 3.16. The number of thiophene rings is 1. The van der Waals surface area contributed by atoms with Gasteiger partial charge in [0.15, 0.2) is 0 Å². The second kappa shape index (κ2) is 7.72. The van der Waals surface area contributed by atoms with E-state index in [9.17, 15) is 8.42 Å². The molecule has 5 rings (SSSR count). The predicted molar refractivity (Wildman–Crippen MR) is 121 cm³/mol. The van der Waals surface area contributed by atoms with Gasteiger partial charge in [0.2, 0.25) is 10.0 Å². The van der Waals surface area contributed by atoms with Crippen molar-refractivity contribution in [2.45, 2.75) is 32.0 Å². The summed E-state index contributed by atoms with van der Waals surface area (Å²) < 4.78 is 32.7. The summed E-state index contributed by atoms with van der Waals surface area (Å²) in [5, 5.41) is 2.18. The molecule has 2 aliphatic rings. The van der Waals surface area contributed by atoms with Crippen LogP contribution in [0.25, 0.3) is 0 Å². The Balaban J connectivity index is 1.48. The van der Waals surface area contributed by atoms with E-state index in [1.807, 2.05) is 53.8 Å². The number of hydrogen-bond acceptors (Lipinski definition) is 5. The lowest BCUT2D eigenvalue weighted by molar-refractivity contribution is 0.162. The Morgan fingerprint density at radius 2 is 2.00 bits per heavy atom. The molecule has 0 aliphatic carbocycles. The van der Waals surface area contributed by atoms with Crippen LogP contribution in [0.15, 0.2) is 53.9 Å². The zero-order valence-electron chi connectivity index (χ0n) is 16.8. The summed E-state index contributed by atoms with van der Waals surface area (Å²) in [7, 11) is -3.41. The Morgan fingerprint density at radius 1 is 1.17 bits per heavy atom. The molecule has 0 fully saturated rings. The van der Waals surface area contributed by atoms with Crippen molar-refractivity contribution >= 4 is 27.0 Å². The smallest absolute Gasteiger partial charge is 0.229 e. The number of nitrogens with one attached hydrogen (secondary N) is 1. The van der Waals surface area contributed by atoms with E-state index in [2.05, 4.69) is 21.1 Å².